The fourth-order valence-corrected chi connectivity index (χ4v) is 6.42. The number of rotatable bonds is 3. The zero-order chi connectivity index (χ0) is 33.8. The van der Waals surface area contributed by atoms with Gasteiger partial charge >= 0.3 is 34.5 Å². The predicted octanol–water partition coefficient (Wildman–Crippen LogP) is 11.7. The zero-order valence-corrected chi connectivity index (χ0v) is 31.2. The second-order valence-corrected chi connectivity index (χ2v) is 14.4. The quantitative estimate of drug-likeness (QED) is 0.133. The van der Waals surface area contributed by atoms with Crippen LogP contribution in [0.1, 0.15) is 33.4 Å². The first kappa shape index (κ1) is 36.3. The largest absolute Gasteiger partial charge is 0.265 e. The molecule has 0 atom stereocenters. The van der Waals surface area contributed by atoms with Crippen molar-refractivity contribution in [2.75, 3.05) is 22.9 Å². The molecule has 47 heavy (non-hydrogen) atoms. The van der Waals surface area contributed by atoms with E-state index >= 15 is 0 Å². The number of benzene rings is 4. The summed E-state index contributed by atoms with van der Waals surface area (Å²) in [7, 11) is 9.71. The third kappa shape index (κ3) is 9.97. The second-order valence-electron chi connectivity index (χ2n) is 11.8. The van der Waals surface area contributed by atoms with Crippen LogP contribution < -0.4 is 9.80 Å². The van der Waals surface area contributed by atoms with Crippen molar-refractivity contribution in [3.8, 4) is 11.1 Å². The van der Waals surface area contributed by atoms with Crippen molar-refractivity contribution in [2.24, 2.45) is 0 Å². The van der Waals surface area contributed by atoms with Crippen molar-refractivity contribution in [1.29, 1.82) is 0 Å². The van der Waals surface area contributed by atoms with Gasteiger partial charge in [-0.25, -0.2) is 0 Å². The average Bonchev–Trinajstić information content (AvgIpc) is 3.70. The van der Waals surface area contributed by atoms with E-state index in [1.807, 2.05) is 18.2 Å². The van der Waals surface area contributed by atoms with Crippen molar-refractivity contribution in [1.82, 2.24) is 4.98 Å². The van der Waals surface area contributed by atoms with Crippen LogP contribution in [0.25, 0.3) is 21.9 Å². The number of anilines is 2. The van der Waals surface area contributed by atoms with E-state index < -0.39 is 0 Å². The van der Waals surface area contributed by atoms with E-state index in [0.29, 0.717) is 0 Å². The van der Waals surface area contributed by atoms with Crippen molar-refractivity contribution in [2.45, 2.75) is 41.5 Å². The number of aromatic nitrogens is 1. The Bertz CT molecular complexity index is 1700. The molecule has 6 aromatic rings. The average molecular weight is 750 g/mol. The molecule has 2 heterocycles. The maximum Gasteiger partial charge on any atom is 0.0267 e. The summed E-state index contributed by atoms with van der Waals surface area (Å²) in [5, 5.41) is 2.65. The molecule has 244 valence electrons. The Morgan fingerprint density at radius 3 is 1.51 bits per heavy atom. The van der Waals surface area contributed by atoms with Gasteiger partial charge in [0.05, 0.1) is 0 Å². The minimum absolute atomic E-state index is 0.346. The van der Waals surface area contributed by atoms with Crippen molar-refractivity contribution in [3.05, 3.63) is 162 Å². The number of halogens is 2. The van der Waals surface area contributed by atoms with Gasteiger partial charge in [-0.05, 0) is 75.9 Å². The molecule has 0 N–H and O–H groups in total. The Labute approximate surface area is 297 Å². The summed E-state index contributed by atoms with van der Waals surface area (Å²) >= 11 is -0.346. The third-order valence-corrected chi connectivity index (χ3v) is 8.04. The minimum Gasteiger partial charge on any atom is -0.265 e. The summed E-state index contributed by atoms with van der Waals surface area (Å²) in [6.07, 6.45) is 3.50. The first-order valence-electron chi connectivity index (χ1n) is 15.7. The molecular formula is C41H43Cl2N3Ru. The molecule has 0 unspecified atom stereocenters. The van der Waals surface area contributed by atoms with E-state index in [1.54, 1.807) is 12.4 Å². The Morgan fingerprint density at radius 2 is 1.06 bits per heavy atom. The summed E-state index contributed by atoms with van der Waals surface area (Å²) in [4.78, 5) is 8.60. The molecule has 5 aromatic carbocycles. The number of hydrogen-bond donors (Lipinski definition) is 0. The first-order chi connectivity index (χ1) is 22.7. The molecule has 6 heteroatoms. The van der Waals surface area contributed by atoms with Crippen LogP contribution in [-0.4, -0.2) is 18.1 Å². The second kappa shape index (κ2) is 18.1. The molecule has 0 radical (unpaired) electrons. The van der Waals surface area contributed by atoms with Gasteiger partial charge in [0, 0.05) is 36.9 Å². The number of fused-ring (bicyclic) bond motifs is 1. The van der Waals surface area contributed by atoms with Gasteiger partial charge in [0.25, 0.3) is 0 Å². The fourth-order valence-electron chi connectivity index (χ4n) is 6.42. The van der Waals surface area contributed by atoms with Gasteiger partial charge in [0.15, 0.2) is 0 Å². The monoisotopic (exact) mass is 749 g/mol. The molecule has 3 nitrogen and oxygen atoms in total. The van der Waals surface area contributed by atoms with Gasteiger partial charge < -0.3 is 9.80 Å². The van der Waals surface area contributed by atoms with Crippen LogP contribution in [0.4, 0.5) is 11.4 Å². The Balaban J connectivity index is 0.000000176. The van der Waals surface area contributed by atoms with Gasteiger partial charge in [0.2, 0.25) is 0 Å². The molecule has 1 fully saturated rings. The van der Waals surface area contributed by atoms with E-state index in [9.17, 15) is 0 Å². The van der Waals surface area contributed by atoms with E-state index in [-0.39, 0.29) is 15.1 Å². The molecule has 1 aromatic heterocycles. The normalized spacial score (nSPS) is 12.0. The summed E-state index contributed by atoms with van der Waals surface area (Å²) < 4.78 is 0. The van der Waals surface area contributed by atoms with Crippen molar-refractivity contribution >= 4 is 41.5 Å². The number of hydrogen-bond acceptors (Lipinski definition) is 3. The minimum atomic E-state index is -0.346. The van der Waals surface area contributed by atoms with Crippen LogP contribution >= 0.6 is 19.4 Å². The molecule has 0 amide bonds. The summed E-state index contributed by atoms with van der Waals surface area (Å²) in [6.45, 7) is 17.6. The van der Waals surface area contributed by atoms with E-state index in [4.69, 9.17) is 19.4 Å². The molecular weight excluding hydrogens is 706 g/mol. The predicted molar refractivity (Wildman–Crippen MR) is 201 cm³/mol. The summed E-state index contributed by atoms with van der Waals surface area (Å²) in [6, 6.07) is 38.2. The van der Waals surface area contributed by atoms with Crippen LogP contribution in [0.15, 0.2) is 122 Å². The van der Waals surface area contributed by atoms with E-state index in [0.717, 1.165) is 13.1 Å². The van der Waals surface area contributed by atoms with Crippen LogP contribution in [0.2, 0.25) is 0 Å². The van der Waals surface area contributed by atoms with Gasteiger partial charge in [-0.1, -0.05) is 83.4 Å². The Kier molecular flexibility index (Phi) is 14.0. The number of aryl methyl sites for hydroxylation is 6. The van der Waals surface area contributed by atoms with Gasteiger partial charge in [-0.2, -0.15) is 6.67 Å². The topological polar surface area (TPSA) is 19.4 Å². The molecule has 1 aliphatic rings. The number of pyridine rings is 1. The van der Waals surface area contributed by atoms with E-state index in [2.05, 4.69) is 154 Å². The fraction of sp³-hybridized carbons (Fsp3) is 0.195. The Hall–Kier alpha value is -3.56. The standard InChI is InChI=1S/C21H27N2.C15H11.C5H5N.2ClH.Ru/c1-14-9-16(3)20(17(4)10-14)22-7-8-23(13-22)21-18(5)11-15(2)12-19(21)6;1-2-6-12(7-3-1)15-11-10-13-8-4-5-9-14(13)15;1-2-4-6-5-3-1;;;/h9-13H,7-8H2,1-6H3;1-11H;1-5H;2*1H;/q2*-1;;;;+4/p-2. The smallest absolute Gasteiger partial charge is 0.0267 e. The first-order valence-corrected chi connectivity index (χ1v) is 20.1. The Morgan fingerprint density at radius 1 is 0.617 bits per heavy atom. The SMILES string of the molecule is Cc1cc(C)c(N2[CH-]N(c3c(C)cc(C)cc3C)CC2)c(C)c1.[Cl][Ru+2][Cl].c1ccc(-c2c[cH-]c3ccccc23)cc1.c1ccncc1. The summed E-state index contributed by atoms with van der Waals surface area (Å²) in [5.41, 5.74) is 13.5. The van der Waals surface area contributed by atoms with Gasteiger partial charge in [-0.15, -0.1) is 46.7 Å². The van der Waals surface area contributed by atoms with Crippen LogP contribution in [-0.2, 0) is 15.1 Å². The number of nitrogens with zero attached hydrogens (tertiary/aromatic N) is 3. The molecule has 1 aliphatic heterocycles. The van der Waals surface area contributed by atoms with Gasteiger partial charge in [-0.3, -0.25) is 4.98 Å². The van der Waals surface area contributed by atoms with Crippen molar-refractivity contribution < 1.29 is 15.1 Å². The summed E-state index contributed by atoms with van der Waals surface area (Å²) in [5.74, 6) is 0. The molecule has 0 aliphatic carbocycles. The molecule has 1 saturated heterocycles. The van der Waals surface area contributed by atoms with Crippen LogP contribution in [0.3, 0.4) is 0 Å². The van der Waals surface area contributed by atoms with Crippen LogP contribution in [0, 0.1) is 48.2 Å². The molecule has 0 bridgehead atoms. The van der Waals surface area contributed by atoms with E-state index in [1.165, 1.54) is 66.7 Å². The maximum absolute atomic E-state index is 4.85. The third-order valence-electron chi connectivity index (χ3n) is 8.04. The maximum atomic E-state index is 4.85. The van der Waals surface area contributed by atoms with Crippen molar-refractivity contribution in [3.63, 3.8) is 0 Å². The van der Waals surface area contributed by atoms with Gasteiger partial charge in [0.1, 0.15) is 0 Å². The molecule has 7 rings (SSSR count). The van der Waals surface area contributed by atoms with Crippen LogP contribution in [0.5, 0.6) is 0 Å². The molecule has 0 spiro atoms. The zero-order valence-electron chi connectivity index (χ0n) is 28.0. The molecule has 0 saturated carbocycles.